The Hall–Kier alpha value is -3.02. The van der Waals surface area contributed by atoms with Gasteiger partial charge in [-0.05, 0) is 61.2 Å². The van der Waals surface area contributed by atoms with E-state index in [9.17, 15) is 5.11 Å². The number of piperidine rings is 1. The fraction of sp³-hybridized carbons (Fsp3) is 0.308. The molecule has 0 radical (unpaired) electrons. The van der Waals surface area contributed by atoms with E-state index in [0.717, 1.165) is 40.0 Å². The van der Waals surface area contributed by atoms with Crippen molar-refractivity contribution in [3.8, 4) is 22.3 Å². The van der Waals surface area contributed by atoms with Gasteiger partial charge >= 0.3 is 0 Å². The molecular formula is C26H28N4O. The van der Waals surface area contributed by atoms with Crippen LogP contribution >= 0.6 is 0 Å². The SMILES string of the molecule is CC(O)c1cccc(-c2cnn3cc(-c4ccc(CN5CCCCC5)cc4)cnc23)c1. The molecule has 0 spiro atoms. The topological polar surface area (TPSA) is 53.7 Å². The Balaban J connectivity index is 1.39. The average molecular weight is 413 g/mol. The summed E-state index contributed by atoms with van der Waals surface area (Å²) in [6, 6.07) is 16.7. The van der Waals surface area contributed by atoms with Gasteiger partial charge in [-0.3, -0.25) is 4.90 Å². The minimum Gasteiger partial charge on any atom is -0.389 e. The number of rotatable bonds is 5. The van der Waals surface area contributed by atoms with Crippen molar-refractivity contribution in [1.82, 2.24) is 19.5 Å². The second kappa shape index (κ2) is 8.61. The lowest BCUT2D eigenvalue weighted by Crippen LogP contribution is -2.28. The first kappa shape index (κ1) is 19.9. The maximum absolute atomic E-state index is 9.89. The minimum absolute atomic E-state index is 0.501. The predicted molar refractivity (Wildman–Crippen MR) is 124 cm³/mol. The van der Waals surface area contributed by atoms with Gasteiger partial charge in [-0.2, -0.15) is 5.10 Å². The van der Waals surface area contributed by atoms with Crippen molar-refractivity contribution in [3.05, 3.63) is 78.2 Å². The van der Waals surface area contributed by atoms with Gasteiger partial charge in [-0.15, -0.1) is 0 Å². The van der Waals surface area contributed by atoms with Crippen LogP contribution in [0.25, 0.3) is 27.9 Å². The smallest absolute Gasteiger partial charge is 0.162 e. The van der Waals surface area contributed by atoms with E-state index < -0.39 is 6.10 Å². The molecule has 5 nitrogen and oxygen atoms in total. The molecule has 31 heavy (non-hydrogen) atoms. The Morgan fingerprint density at radius 2 is 1.74 bits per heavy atom. The highest BCUT2D eigenvalue weighted by atomic mass is 16.3. The van der Waals surface area contributed by atoms with Crippen molar-refractivity contribution < 1.29 is 5.11 Å². The third kappa shape index (κ3) is 4.24. The maximum Gasteiger partial charge on any atom is 0.162 e. The molecular weight excluding hydrogens is 384 g/mol. The summed E-state index contributed by atoms with van der Waals surface area (Å²) in [5.74, 6) is 0. The molecule has 5 heteroatoms. The fourth-order valence-corrected chi connectivity index (χ4v) is 4.37. The molecule has 1 aliphatic heterocycles. The minimum atomic E-state index is -0.501. The number of likely N-dealkylation sites (tertiary alicyclic amines) is 1. The summed E-state index contributed by atoms with van der Waals surface area (Å²) in [6.45, 7) is 5.23. The molecule has 1 aliphatic rings. The first-order valence-electron chi connectivity index (χ1n) is 11.1. The van der Waals surface area contributed by atoms with Crippen LogP contribution in [0.1, 0.15) is 43.4 Å². The second-order valence-corrected chi connectivity index (χ2v) is 8.50. The number of hydrogen-bond acceptors (Lipinski definition) is 4. The molecule has 0 bridgehead atoms. The zero-order chi connectivity index (χ0) is 21.2. The summed E-state index contributed by atoms with van der Waals surface area (Å²) in [6.07, 6.45) is 9.29. The molecule has 4 aromatic rings. The van der Waals surface area contributed by atoms with E-state index in [1.807, 2.05) is 47.4 Å². The van der Waals surface area contributed by atoms with Crippen LogP contribution in [0.4, 0.5) is 0 Å². The Kier molecular flexibility index (Phi) is 5.53. The highest BCUT2D eigenvalue weighted by molar-refractivity contribution is 5.78. The molecule has 3 heterocycles. The van der Waals surface area contributed by atoms with E-state index in [-0.39, 0.29) is 0 Å². The Morgan fingerprint density at radius 3 is 2.52 bits per heavy atom. The first-order valence-corrected chi connectivity index (χ1v) is 11.1. The van der Waals surface area contributed by atoms with Crippen LogP contribution < -0.4 is 0 Å². The van der Waals surface area contributed by atoms with Gasteiger partial charge in [0.25, 0.3) is 0 Å². The molecule has 0 amide bonds. The van der Waals surface area contributed by atoms with Crippen LogP contribution in [-0.2, 0) is 6.54 Å². The van der Waals surface area contributed by atoms with Gasteiger partial charge in [0.05, 0.1) is 12.3 Å². The second-order valence-electron chi connectivity index (χ2n) is 8.50. The van der Waals surface area contributed by atoms with Crippen molar-refractivity contribution >= 4 is 5.65 Å². The van der Waals surface area contributed by atoms with Gasteiger partial charge in [-0.25, -0.2) is 9.50 Å². The summed E-state index contributed by atoms with van der Waals surface area (Å²) >= 11 is 0. The zero-order valence-corrected chi connectivity index (χ0v) is 17.9. The monoisotopic (exact) mass is 412 g/mol. The van der Waals surface area contributed by atoms with Crippen LogP contribution in [0.2, 0.25) is 0 Å². The quantitative estimate of drug-likeness (QED) is 0.495. The molecule has 158 valence electrons. The molecule has 1 saturated heterocycles. The molecule has 5 rings (SSSR count). The normalized spacial score (nSPS) is 15.9. The number of aromatic nitrogens is 3. The summed E-state index contributed by atoms with van der Waals surface area (Å²) in [5.41, 5.74) is 7.22. The van der Waals surface area contributed by atoms with Crippen LogP contribution in [0.15, 0.2) is 67.1 Å². The van der Waals surface area contributed by atoms with Gasteiger partial charge in [0.15, 0.2) is 5.65 Å². The van der Waals surface area contributed by atoms with Crippen LogP contribution in [-0.4, -0.2) is 37.7 Å². The number of nitrogens with zero attached hydrogens (tertiary/aromatic N) is 4. The van der Waals surface area contributed by atoms with Crippen molar-refractivity contribution in [2.45, 2.75) is 38.8 Å². The van der Waals surface area contributed by atoms with Crippen molar-refractivity contribution in [2.24, 2.45) is 0 Å². The fourth-order valence-electron chi connectivity index (χ4n) is 4.37. The number of benzene rings is 2. The van der Waals surface area contributed by atoms with Crippen molar-refractivity contribution in [2.75, 3.05) is 13.1 Å². The van der Waals surface area contributed by atoms with E-state index in [1.54, 1.807) is 6.92 Å². The van der Waals surface area contributed by atoms with Gasteiger partial charge in [0.1, 0.15) is 0 Å². The van der Waals surface area contributed by atoms with Crippen molar-refractivity contribution in [3.63, 3.8) is 0 Å². The molecule has 0 saturated carbocycles. The Morgan fingerprint density at radius 1 is 0.935 bits per heavy atom. The largest absolute Gasteiger partial charge is 0.389 e. The number of aliphatic hydroxyl groups is 1. The van der Waals surface area contributed by atoms with E-state index in [4.69, 9.17) is 4.98 Å². The first-order chi connectivity index (χ1) is 15.2. The van der Waals surface area contributed by atoms with E-state index in [0.29, 0.717) is 0 Å². The standard InChI is InChI=1S/C26H28N4O/c1-19(31)22-6-5-7-23(14-22)25-16-28-30-18-24(15-27-26(25)30)21-10-8-20(9-11-21)17-29-12-3-2-4-13-29/h5-11,14-16,18-19,31H,2-4,12-13,17H2,1H3. The summed E-state index contributed by atoms with van der Waals surface area (Å²) in [7, 11) is 0. The summed E-state index contributed by atoms with van der Waals surface area (Å²) < 4.78 is 1.83. The molecule has 2 aromatic heterocycles. The van der Waals surface area contributed by atoms with Gasteiger partial charge in [-0.1, -0.05) is 48.9 Å². The molecule has 2 aromatic carbocycles. The number of aliphatic hydroxyl groups excluding tert-OH is 1. The van der Waals surface area contributed by atoms with Crippen LogP contribution in [0.3, 0.4) is 0 Å². The van der Waals surface area contributed by atoms with E-state index in [1.165, 1.54) is 37.9 Å². The lowest BCUT2D eigenvalue weighted by Gasteiger charge is -2.26. The third-order valence-corrected chi connectivity index (χ3v) is 6.18. The highest BCUT2D eigenvalue weighted by Crippen LogP contribution is 2.28. The average Bonchev–Trinajstić information content (AvgIpc) is 3.24. The Labute approximate surface area is 183 Å². The molecule has 1 unspecified atom stereocenters. The predicted octanol–water partition coefficient (Wildman–Crippen LogP) is 5.10. The lowest BCUT2D eigenvalue weighted by molar-refractivity contribution is 0.199. The molecule has 1 N–H and O–H groups in total. The van der Waals surface area contributed by atoms with Gasteiger partial charge in [0.2, 0.25) is 0 Å². The van der Waals surface area contributed by atoms with E-state index >= 15 is 0 Å². The highest BCUT2D eigenvalue weighted by Gasteiger charge is 2.12. The lowest BCUT2D eigenvalue weighted by atomic mass is 10.0. The van der Waals surface area contributed by atoms with E-state index in [2.05, 4.69) is 34.3 Å². The van der Waals surface area contributed by atoms with Crippen LogP contribution in [0.5, 0.6) is 0 Å². The Bertz CT molecular complexity index is 1170. The summed E-state index contributed by atoms with van der Waals surface area (Å²) in [5, 5.41) is 14.4. The van der Waals surface area contributed by atoms with Crippen molar-refractivity contribution in [1.29, 1.82) is 0 Å². The third-order valence-electron chi connectivity index (χ3n) is 6.18. The van der Waals surface area contributed by atoms with Gasteiger partial charge in [0, 0.05) is 30.1 Å². The molecule has 0 aliphatic carbocycles. The molecule has 1 fully saturated rings. The summed E-state index contributed by atoms with van der Waals surface area (Å²) in [4.78, 5) is 7.26. The van der Waals surface area contributed by atoms with Gasteiger partial charge < -0.3 is 5.11 Å². The number of fused-ring (bicyclic) bond motifs is 1. The zero-order valence-electron chi connectivity index (χ0n) is 17.9. The van der Waals surface area contributed by atoms with Crippen LogP contribution in [0, 0.1) is 0 Å². The maximum atomic E-state index is 9.89. The molecule has 1 atom stereocenters. The number of hydrogen-bond donors (Lipinski definition) is 1.